The standard InChI is InChI=1S/C22H29N3O/c1-4-24(21-14-17(2)13-18(3)15-21)16-22(26)23-19-7-9-20(10-8-19)25-11-5-6-12-25/h7-10,13-15H,4-6,11-12,16H2,1-3H3,(H,23,26). The Morgan fingerprint density at radius 3 is 2.23 bits per heavy atom. The van der Waals surface area contributed by atoms with Gasteiger partial charge in [-0.25, -0.2) is 0 Å². The van der Waals surface area contributed by atoms with Crippen molar-refractivity contribution in [2.45, 2.75) is 33.6 Å². The van der Waals surface area contributed by atoms with E-state index in [9.17, 15) is 4.79 Å². The molecule has 0 saturated carbocycles. The van der Waals surface area contributed by atoms with Gasteiger partial charge in [0.2, 0.25) is 5.91 Å². The molecule has 1 N–H and O–H groups in total. The van der Waals surface area contributed by atoms with E-state index in [4.69, 9.17) is 0 Å². The number of nitrogens with zero attached hydrogens (tertiary/aromatic N) is 2. The second kappa shape index (κ2) is 8.26. The summed E-state index contributed by atoms with van der Waals surface area (Å²) in [6.07, 6.45) is 2.54. The SMILES string of the molecule is CCN(CC(=O)Nc1ccc(N2CCCC2)cc1)c1cc(C)cc(C)c1. The number of rotatable bonds is 6. The summed E-state index contributed by atoms with van der Waals surface area (Å²) in [6, 6.07) is 14.6. The first-order valence-electron chi connectivity index (χ1n) is 9.53. The number of hydrogen-bond donors (Lipinski definition) is 1. The van der Waals surface area contributed by atoms with Crippen LogP contribution in [0.25, 0.3) is 0 Å². The third-order valence-corrected chi connectivity index (χ3v) is 4.91. The normalized spacial score (nSPS) is 13.7. The van der Waals surface area contributed by atoms with Crippen LogP contribution in [0.4, 0.5) is 17.1 Å². The van der Waals surface area contributed by atoms with Crippen LogP contribution in [-0.2, 0) is 4.79 Å². The summed E-state index contributed by atoms with van der Waals surface area (Å²) in [5, 5.41) is 3.02. The third kappa shape index (κ3) is 4.57. The van der Waals surface area contributed by atoms with Crippen molar-refractivity contribution < 1.29 is 4.79 Å². The maximum absolute atomic E-state index is 12.5. The van der Waals surface area contributed by atoms with Crippen molar-refractivity contribution in [3.63, 3.8) is 0 Å². The van der Waals surface area contributed by atoms with Crippen LogP contribution in [0.3, 0.4) is 0 Å². The molecule has 4 heteroatoms. The average molecular weight is 351 g/mol. The maximum Gasteiger partial charge on any atom is 0.243 e. The number of nitrogens with one attached hydrogen (secondary N) is 1. The van der Waals surface area contributed by atoms with Gasteiger partial charge in [-0.1, -0.05) is 6.07 Å². The van der Waals surface area contributed by atoms with E-state index in [1.807, 2.05) is 12.1 Å². The Balaban J connectivity index is 1.61. The predicted octanol–water partition coefficient (Wildman–Crippen LogP) is 4.37. The van der Waals surface area contributed by atoms with E-state index in [1.54, 1.807) is 0 Å². The van der Waals surface area contributed by atoms with Crippen LogP contribution in [-0.4, -0.2) is 32.1 Å². The van der Waals surface area contributed by atoms with Gasteiger partial charge < -0.3 is 15.1 Å². The second-order valence-electron chi connectivity index (χ2n) is 7.15. The summed E-state index contributed by atoms with van der Waals surface area (Å²) in [5.41, 5.74) is 5.64. The molecule has 1 heterocycles. The van der Waals surface area contributed by atoms with E-state index in [1.165, 1.54) is 29.7 Å². The topological polar surface area (TPSA) is 35.6 Å². The van der Waals surface area contributed by atoms with Gasteiger partial charge in [-0.3, -0.25) is 4.79 Å². The minimum absolute atomic E-state index is 0.0138. The fraction of sp³-hybridized carbons (Fsp3) is 0.409. The molecule has 1 fully saturated rings. The molecule has 1 aliphatic heterocycles. The van der Waals surface area contributed by atoms with E-state index in [0.717, 1.165) is 31.0 Å². The zero-order valence-electron chi connectivity index (χ0n) is 16.1. The molecule has 0 aromatic heterocycles. The monoisotopic (exact) mass is 351 g/mol. The molecule has 1 aliphatic rings. The molecular weight excluding hydrogens is 322 g/mol. The molecule has 138 valence electrons. The first-order valence-corrected chi connectivity index (χ1v) is 9.53. The Labute approximate surface area is 156 Å². The quantitative estimate of drug-likeness (QED) is 0.839. The molecular formula is C22H29N3O. The van der Waals surface area contributed by atoms with E-state index < -0.39 is 0 Å². The van der Waals surface area contributed by atoms with Gasteiger partial charge in [-0.2, -0.15) is 0 Å². The Bertz CT molecular complexity index is 728. The Kier molecular flexibility index (Phi) is 5.82. The summed E-state index contributed by atoms with van der Waals surface area (Å²) in [7, 11) is 0. The number of amides is 1. The number of carbonyl (C=O) groups excluding carboxylic acids is 1. The van der Waals surface area contributed by atoms with Crippen molar-refractivity contribution >= 4 is 23.0 Å². The molecule has 0 spiro atoms. The number of aryl methyl sites for hydroxylation is 2. The predicted molar refractivity (Wildman–Crippen MR) is 110 cm³/mol. The Morgan fingerprint density at radius 2 is 1.65 bits per heavy atom. The zero-order valence-corrected chi connectivity index (χ0v) is 16.1. The molecule has 4 nitrogen and oxygen atoms in total. The van der Waals surface area contributed by atoms with Crippen LogP contribution >= 0.6 is 0 Å². The molecule has 1 saturated heterocycles. The second-order valence-corrected chi connectivity index (χ2v) is 7.15. The van der Waals surface area contributed by atoms with Crippen LogP contribution in [0, 0.1) is 13.8 Å². The fourth-order valence-electron chi connectivity index (χ4n) is 3.62. The average Bonchev–Trinajstić information content (AvgIpc) is 3.14. The lowest BCUT2D eigenvalue weighted by Crippen LogP contribution is -2.33. The number of carbonyl (C=O) groups is 1. The van der Waals surface area contributed by atoms with Crippen LogP contribution < -0.4 is 15.1 Å². The number of benzene rings is 2. The smallest absolute Gasteiger partial charge is 0.243 e. The molecule has 2 aromatic carbocycles. The van der Waals surface area contributed by atoms with Crippen LogP contribution in [0.1, 0.15) is 30.9 Å². The summed E-state index contributed by atoms with van der Waals surface area (Å²) in [5.74, 6) is 0.0138. The minimum atomic E-state index is 0.0138. The Hall–Kier alpha value is -2.49. The summed E-state index contributed by atoms with van der Waals surface area (Å²) >= 11 is 0. The van der Waals surface area contributed by atoms with Crippen molar-refractivity contribution in [1.82, 2.24) is 0 Å². The summed E-state index contributed by atoms with van der Waals surface area (Å²) in [4.78, 5) is 17.0. The zero-order chi connectivity index (χ0) is 18.5. The van der Waals surface area contributed by atoms with Gasteiger partial charge in [-0.05, 0) is 81.1 Å². The van der Waals surface area contributed by atoms with Crippen molar-refractivity contribution in [2.75, 3.05) is 41.3 Å². The highest BCUT2D eigenvalue weighted by atomic mass is 16.2. The van der Waals surface area contributed by atoms with Crippen molar-refractivity contribution in [2.24, 2.45) is 0 Å². The van der Waals surface area contributed by atoms with Gasteiger partial charge in [0.15, 0.2) is 0 Å². The van der Waals surface area contributed by atoms with Gasteiger partial charge in [0.1, 0.15) is 0 Å². The molecule has 0 radical (unpaired) electrons. The number of hydrogen-bond acceptors (Lipinski definition) is 3. The third-order valence-electron chi connectivity index (χ3n) is 4.91. The molecule has 0 aliphatic carbocycles. The fourth-order valence-corrected chi connectivity index (χ4v) is 3.62. The lowest BCUT2D eigenvalue weighted by Gasteiger charge is -2.23. The van der Waals surface area contributed by atoms with Gasteiger partial charge >= 0.3 is 0 Å². The summed E-state index contributed by atoms with van der Waals surface area (Å²) in [6.45, 7) is 9.67. The Morgan fingerprint density at radius 1 is 1.04 bits per heavy atom. The highest BCUT2D eigenvalue weighted by Crippen LogP contribution is 2.22. The number of likely N-dealkylation sites (N-methyl/N-ethyl adjacent to an activating group) is 1. The molecule has 1 amide bonds. The van der Waals surface area contributed by atoms with Crippen molar-refractivity contribution in [3.05, 3.63) is 53.6 Å². The summed E-state index contributed by atoms with van der Waals surface area (Å²) < 4.78 is 0. The molecule has 0 unspecified atom stereocenters. The van der Waals surface area contributed by atoms with Crippen molar-refractivity contribution in [3.8, 4) is 0 Å². The molecule has 0 bridgehead atoms. The molecule has 2 aromatic rings. The maximum atomic E-state index is 12.5. The van der Waals surface area contributed by atoms with Gasteiger partial charge in [-0.15, -0.1) is 0 Å². The van der Waals surface area contributed by atoms with Crippen LogP contribution in [0.5, 0.6) is 0 Å². The van der Waals surface area contributed by atoms with Gasteiger partial charge in [0, 0.05) is 36.7 Å². The van der Waals surface area contributed by atoms with Crippen molar-refractivity contribution in [1.29, 1.82) is 0 Å². The lowest BCUT2D eigenvalue weighted by molar-refractivity contribution is -0.115. The van der Waals surface area contributed by atoms with Gasteiger partial charge in [0.05, 0.1) is 6.54 Å². The molecule has 26 heavy (non-hydrogen) atoms. The van der Waals surface area contributed by atoms with E-state index in [-0.39, 0.29) is 5.91 Å². The first kappa shape index (κ1) is 18.3. The molecule has 3 rings (SSSR count). The lowest BCUT2D eigenvalue weighted by atomic mass is 10.1. The molecule has 0 atom stereocenters. The van der Waals surface area contributed by atoms with Crippen LogP contribution in [0.15, 0.2) is 42.5 Å². The van der Waals surface area contributed by atoms with E-state index in [2.05, 4.69) is 66.2 Å². The van der Waals surface area contributed by atoms with Gasteiger partial charge in [0.25, 0.3) is 0 Å². The highest BCUT2D eigenvalue weighted by molar-refractivity contribution is 5.94. The van der Waals surface area contributed by atoms with E-state index >= 15 is 0 Å². The van der Waals surface area contributed by atoms with E-state index in [0.29, 0.717) is 6.54 Å². The highest BCUT2D eigenvalue weighted by Gasteiger charge is 2.13. The largest absolute Gasteiger partial charge is 0.372 e. The van der Waals surface area contributed by atoms with Crippen LogP contribution in [0.2, 0.25) is 0 Å². The first-order chi connectivity index (χ1) is 12.5. The number of anilines is 3. The minimum Gasteiger partial charge on any atom is -0.372 e.